The lowest BCUT2D eigenvalue weighted by atomic mass is 10.1. The number of benzene rings is 1. The smallest absolute Gasteiger partial charge is 0.242 e. The van der Waals surface area contributed by atoms with E-state index in [1.807, 2.05) is 0 Å². The SMILES string of the molecule is COc1cc(Br)c(S(=O)(=O)NC2CCC(C)C2)cc1OC. The van der Waals surface area contributed by atoms with Gasteiger partial charge in [-0.05, 0) is 47.2 Å². The maximum Gasteiger partial charge on any atom is 0.242 e. The van der Waals surface area contributed by atoms with E-state index in [4.69, 9.17) is 9.47 Å². The summed E-state index contributed by atoms with van der Waals surface area (Å²) in [6.45, 7) is 2.14. The van der Waals surface area contributed by atoms with Gasteiger partial charge in [0.2, 0.25) is 10.0 Å². The lowest BCUT2D eigenvalue weighted by Gasteiger charge is -2.16. The third-order valence-electron chi connectivity index (χ3n) is 3.74. The second kappa shape index (κ2) is 6.54. The van der Waals surface area contributed by atoms with Crippen molar-refractivity contribution in [3.8, 4) is 11.5 Å². The van der Waals surface area contributed by atoms with Gasteiger partial charge in [0.1, 0.15) is 4.90 Å². The summed E-state index contributed by atoms with van der Waals surface area (Å²) in [5.41, 5.74) is 0. The Kier molecular flexibility index (Phi) is 5.16. The van der Waals surface area contributed by atoms with Crippen LogP contribution in [0.2, 0.25) is 0 Å². The molecule has 1 aliphatic rings. The number of hydrogen-bond donors (Lipinski definition) is 1. The summed E-state index contributed by atoms with van der Waals surface area (Å²) in [6.07, 6.45) is 2.82. The molecule has 2 unspecified atom stereocenters. The fraction of sp³-hybridized carbons (Fsp3) is 0.571. The number of rotatable bonds is 5. The molecule has 1 aromatic carbocycles. The molecular formula is C14H20BrNO4S. The van der Waals surface area contributed by atoms with E-state index in [0.29, 0.717) is 21.9 Å². The van der Waals surface area contributed by atoms with E-state index in [1.165, 1.54) is 20.3 Å². The van der Waals surface area contributed by atoms with E-state index in [-0.39, 0.29) is 10.9 Å². The average molecular weight is 378 g/mol. The monoisotopic (exact) mass is 377 g/mol. The normalized spacial score (nSPS) is 22.3. The molecule has 0 radical (unpaired) electrons. The molecule has 0 spiro atoms. The number of hydrogen-bond acceptors (Lipinski definition) is 4. The highest BCUT2D eigenvalue weighted by Gasteiger charge is 2.28. The van der Waals surface area contributed by atoms with Crippen LogP contribution in [0.4, 0.5) is 0 Å². The number of ether oxygens (including phenoxy) is 2. The molecule has 7 heteroatoms. The van der Waals surface area contributed by atoms with E-state index in [2.05, 4.69) is 27.6 Å². The molecule has 0 aliphatic heterocycles. The van der Waals surface area contributed by atoms with Crippen molar-refractivity contribution in [3.63, 3.8) is 0 Å². The molecule has 0 heterocycles. The Bertz CT molecular complexity index is 618. The van der Waals surface area contributed by atoms with Gasteiger partial charge in [0.05, 0.1) is 14.2 Å². The molecule has 21 heavy (non-hydrogen) atoms. The number of sulfonamides is 1. The lowest BCUT2D eigenvalue weighted by Crippen LogP contribution is -2.33. The van der Waals surface area contributed by atoms with Crippen LogP contribution >= 0.6 is 15.9 Å². The van der Waals surface area contributed by atoms with Gasteiger partial charge in [-0.2, -0.15) is 0 Å². The van der Waals surface area contributed by atoms with Crippen molar-refractivity contribution in [1.29, 1.82) is 0 Å². The van der Waals surface area contributed by atoms with Crippen LogP contribution in [0, 0.1) is 5.92 Å². The third-order valence-corrected chi connectivity index (χ3v) is 6.22. The first-order valence-electron chi connectivity index (χ1n) is 6.81. The van der Waals surface area contributed by atoms with E-state index in [9.17, 15) is 8.42 Å². The zero-order valence-corrected chi connectivity index (χ0v) is 14.8. The largest absolute Gasteiger partial charge is 0.493 e. The van der Waals surface area contributed by atoms with Crippen LogP contribution in [0.5, 0.6) is 11.5 Å². The molecular weight excluding hydrogens is 358 g/mol. The summed E-state index contributed by atoms with van der Waals surface area (Å²) < 4.78 is 38.7. The Balaban J connectivity index is 2.31. The topological polar surface area (TPSA) is 64.6 Å². The van der Waals surface area contributed by atoms with Crippen LogP contribution in [-0.4, -0.2) is 28.7 Å². The molecule has 1 saturated carbocycles. The highest BCUT2D eigenvalue weighted by atomic mass is 79.9. The van der Waals surface area contributed by atoms with Crippen molar-refractivity contribution in [2.45, 2.75) is 37.1 Å². The van der Waals surface area contributed by atoms with Crippen LogP contribution in [0.25, 0.3) is 0 Å². The molecule has 0 aromatic heterocycles. The first kappa shape index (κ1) is 16.6. The minimum absolute atomic E-state index is 0.00463. The summed E-state index contributed by atoms with van der Waals surface area (Å²) in [5, 5.41) is 0. The Morgan fingerprint density at radius 1 is 1.19 bits per heavy atom. The molecule has 0 amide bonds. The fourth-order valence-electron chi connectivity index (χ4n) is 2.64. The molecule has 5 nitrogen and oxygen atoms in total. The number of nitrogens with one attached hydrogen (secondary N) is 1. The molecule has 0 saturated heterocycles. The van der Waals surface area contributed by atoms with Crippen LogP contribution in [-0.2, 0) is 10.0 Å². The summed E-state index contributed by atoms with van der Waals surface area (Å²) in [4.78, 5) is 0.166. The first-order valence-corrected chi connectivity index (χ1v) is 9.09. The van der Waals surface area contributed by atoms with Crippen molar-refractivity contribution in [3.05, 3.63) is 16.6 Å². The number of halogens is 1. The number of methoxy groups -OCH3 is 2. The summed E-state index contributed by atoms with van der Waals surface area (Å²) in [6, 6.07) is 3.08. The lowest BCUT2D eigenvalue weighted by molar-refractivity contribution is 0.353. The van der Waals surface area contributed by atoms with Gasteiger partial charge in [0.25, 0.3) is 0 Å². The van der Waals surface area contributed by atoms with Crippen LogP contribution in [0.3, 0.4) is 0 Å². The zero-order valence-electron chi connectivity index (χ0n) is 12.3. The van der Waals surface area contributed by atoms with Gasteiger partial charge < -0.3 is 9.47 Å². The van der Waals surface area contributed by atoms with Crippen LogP contribution < -0.4 is 14.2 Å². The Labute approximate surface area is 134 Å². The van der Waals surface area contributed by atoms with Gasteiger partial charge in [0.15, 0.2) is 11.5 Å². The predicted molar refractivity (Wildman–Crippen MR) is 84.4 cm³/mol. The van der Waals surface area contributed by atoms with Gasteiger partial charge in [0, 0.05) is 16.6 Å². The third kappa shape index (κ3) is 3.70. The molecule has 2 atom stereocenters. The molecule has 118 valence electrons. The van der Waals surface area contributed by atoms with Gasteiger partial charge in [-0.15, -0.1) is 0 Å². The highest BCUT2D eigenvalue weighted by molar-refractivity contribution is 9.10. The van der Waals surface area contributed by atoms with Gasteiger partial charge in [-0.3, -0.25) is 0 Å². The standard InChI is InChI=1S/C14H20BrNO4S/c1-9-4-5-10(6-9)16-21(17,18)14-8-13(20-3)12(19-2)7-11(14)15/h7-10,16H,4-6H2,1-3H3. The molecule has 1 aliphatic carbocycles. The average Bonchev–Trinajstić information content (AvgIpc) is 2.82. The van der Waals surface area contributed by atoms with Gasteiger partial charge >= 0.3 is 0 Å². The summed E-state index contributed by atoms with van der Waals surface area (Å²) in [7, 11) is -0.597. The maximum atomic E-state index is 12.5. The fourth-order valence-corrected chi connectivity index (χ4v) is 4.96. The van der Waals surface area contributed by atoms with E-state index >= 15 is 0 Å². The summed E-state index contributed by atoms with van der Waals surface area (Å²) in [5.74, 6) is 1.44. The van der Waals surface area contributed by atoms with E-state index in [0.717, 1.165) is 19.3 Å². The highest BCUT2D eigenvalue weighted by Crippen LogP contribution is 2.36. The minimum Gasteiger partial charge on any atom is -0.493 e. The summed E-state index contributed by atoms with van der Waals surface area (Å²) >= 11 is 3.29. The van der Waals surface area contributed by atoms with E-state index in [1.54, 1.807) is 6.07 Å². The Morgan fingerprint density at radius 2 is 1.81 bits per heavy atom. The second-order valence-corrected chi connectivity index (χ2v) is 7.91. The maximum absolute atomic E-state index is 12.5. The predicted octanol–water partition coefficient (Wildman–Crippen LogP) is 2.93. The second-order valence-electron chi connectivity index (χ2n) is 5.37. The molecule has 1 aromatic rings. The van der Waals surface area contributed by atoms with Crippen molar-refractivity contribution >= 4 is 26.0 Å². The van der Waals surface area contributed by atoms with Crippen molar-refractivity contribution < 1.29 is 17.9 Å². The Hall–Kier alpha value is -0.790. The first-order chi connectivity index (χ1) is 9.87. The van der Waals surface area contributed by atoms with Crippen molar-refractivity contribution in [1.82, 2.24) is 4.72 Å². The van der Waals surface area contributed by atoms with E-state index < -0.39 is 10.0 Å². The minimum atomic E-state index is -3.59. The molecule has 2 rings (SSSR count). The van der Waals surface area contributed by atoms with Gasteiger partial charge in [-0.1, -0.05) is 6.92 Å². The molecule has 1 fully saturated rings. The Morgan fingerprint density at radius 3 is 2.33 bits per heavy atom. The quantitative estimate of drug-likeness (QED) is 0.856. The van der Waals surface area contributed by atoms with Crippen LogP contribution in [0.1, 0.15) is 26.2 Å². The van der Waals surface area contributed by atoms with Gasteiger partial charge in [-0.25, -0.2) is 13.1 Å². The molecule has 0 bridgehead atoms. The van der Waals surface area contributed by atoms with Crippen molar-refractivity contribution in [2.24, 2.45) is 5.92 Å². The molecule has 1 N–H and O–H groups in total. The van der Waals surface area contributed by atoms with Crippen LogP contribution in [0.15, 0.2) is 21.5 Å². The van der Waals surface area contributed by atoms with Crippen molar-refractivity contribution in [2.75, 3.05) is 14.2 Å². The zero-order chi connectivity index (χ0) is 15.6.